The first-order chi connectivity index (χ1) is 9.50. The van der Waals surface area contributed by atoms with Crippen LogP contribution in [0, 0.1) is 0 Å². The number of hydrogen-bond donors (Lipinski definition) is 1. The van der Waals surface area contributed by atoms with Gasteiger partial charge < -0.3 is 9.84 Å². The number of ether oxygens (including phenoxy) is 1. The molecule has 1 aromatic carbocycles. The second-order valence-electron chi connectivity index (χ2n) is 4.24. The van der Waals surface area contributed by atoms with Gasteiger partial charge in [0.05, 0.1) is 6.61 Å². The highest BCUT2D eigenvalue weighted by Gasteiger charge is 2.17. The number of halogens is 5. The van der Waals surface area contributed by atoms with Gasteiger partial charge in [-0.1, -0.05) is 12.8 Å². The molecule has 0 saturated carbocycles. The second kappa shape index (κ2) is 10.3. The first kappa shape index (κ1) is 19.6. The Balaban J connectivity index is 2.52. The first-order valence-corrected chi connectivity index (χ1v) is 10.2. The largest absolute Gasteiger partial charge is 0.396 e. The highest BCUT2D eigenvalue weighted by molar-refractivity contribution is 9.15. The van der Waals surface area contributed by atoms with Crippen molar-refractivity contribution in [1.82, 2.24) is 0 Å². The molecule has 1 aromatic rings. The van der Waals surface area contributed by atoms with Crippen LogP contribution in [0.15, 0.2) is 22.4 Å². The normalized spacial score (nSPS) is 11.1. The SMILES string of the molecule is OCCCCCCOCc1c(Br)c(Br)c(Br)c(Br)c1Br. The number of benzene rings is 1. The molecule has 0 aliphatic heterocycles. The van der Waals surface area contributed by atoms with Gasteiger partial charge in [0.1, 0.15) is 0 Å². The molecule has 0 atom stereocenters. The molecule has 2 nitrogen and oxygen atoms in total. The van der Waals surface area contributed by atoms with Gasteiger partial charge in [0.25, 0.3) is 0 Å². The summed E-state index contributed by atoms with van der Waals surface area (Å²) in [7, 11) is 0. The number of aliphatic hydroxyl groups excluding tert-OH is 1. The van der Waals surface area contributed by atoms with Gasteiger partial charge in [-0.2, -0.15) is 0 Å². The maximum absolute atomic E-state index is 8.70. The standard InChI is InChI=1S/C13H15Br5O2/c14-9-8(7-20-6-4-2-1-3-5-19)10(15)12(17)13(18)11(9)16/h19H,1-7H2. The van der Waals surface area contributed by atoms with Crippen LogP contribution in [0.2, 0.25) is 0 Å². The lowest BCUT2D eigenvalue weighted by Gasteiger charge is -2.14. The second-order valence-corrected chi connectivity index (χ2v) is 8.20. The molecule has 0 bridgehead atoms. The summed E-state index contributed by atoms with van der Waals surface area (Å²) in [6, 6.07) is 0. The number of unbranched alkanes of at least 4 members (excludes halogenated alkanes) is 3. The van der Waals surface area contributed by atoms with E-state index in [2.05, 4.69) is 79.6 Å². The van der Waals surface area contributed by atoms with Gasteiger partial charge in [-0.3, -0.25) is 0 Å². The van der Waals surface area contributed by atoms with Crippen LogP contribution in [0.5, 0.6) is 0 Å². The van der Waals surface area contributed by atoms with Crippen LogP contribution in [0.4, 0.5) is 0 Å². The quantitative estimate of drug-likeness (QED) is 0.207. The summed E-state index contributed by atoms with van der Waals surface area (Å²) in [5.74, 6) is 0. The van der Waals surface area contributed by atoms with Crippen LogP contribution >= 0.6 is 79.6 Å². The van der Waals surface area contributed by atoms with E-state index in [-0.39, 0.29) is 6.61 Å². The van der Waals surface area contributed by atoms with Crippen molar-refractivity contribution in [3.8, 4) is 0 Å². The molecule has 0 spiro atoms. The smallest absolute Gasteiger partial charge is 0.0739 e. The summed E-state index contributed by atoms with van der Waals surface area (Å²) in [6.07, 6.45) is 4.05. The van der Waals surface area contributed by atoms with Crippen LogP contribution in [0.1, 0.15) is 31.2 Å². The van der Waals surface area contributed by atoms with E-state index >= 15 is 0 Å². The molecule has 20 heavy (non-hydrogen) atoms. The minimum Gasteiger partial charge on any atom is -0.396 e. The average Bonchev–Trinajstić information content (AvgIpc) is 2.45. The Bertz CT molecular complexity index is 422. The zero-order chi connectivity index (χ0) is 15.1. The monoisotopic (exact) mass is 598 g/mol. The summed E-state index contributed by atoms with van der Waals surface area (Å²) in [4.78, 5) is 0. The van der Waals surface area contributed by atoms with Gasteiger partial charge in [0.2, 0.25) is 0 Å². The van der Waals surface area contributed by atoms with Crippen LogP contribution in [0.25, 0.3) is 0 Å². The minimum absolute atomic E-state index is 0.279. The first-order valence-electron chi connectivity index (χ1n) is 6.19. The molecule has 0 aromatic heterocycles. The van der Waals surface area contributed by atoms with E-state index in [0.29, 0.717) is 6.61 Å². The molecule has 1 N–H and O–H groups in total. The predicted octanol–water partition coefficient (Wildman–Crippen LogP) is 6.57. The molecule has 7 heteroatoms. The van der Waals surface area contributed by atoms with Crippen LogP contribution in [0.3, 0.4) is 0 Å². The van der Waals surface area contributed by atoms with Gasteiger partial charge in [-0.25, -0.2) is 0 Å². The molecule has 0 amide bonds. The lowest BCUT2D eigenvalue weighted by Crippen LogP contribution is -1.99. The van der Waals surface area contributed by atoms with E-state index in [1.54, 1.807) is 0 Å². The lowest BCUT2D eigenvalue weighted by molar-refractivity contribution is 0.115. The highest BCUT2D eigenvalue weighted by atomic mass is 79.9. The Morgan fingerprint density at radius 3 is 1.75 bits per heavy atom. The Morgan fingerprint density at radius 2 is 1.20 bits per heavy atom. The fourth-order valence-corrected chi connectivity index (χ4v) is 4.98. The Morgan fingerprint density at radius 1 is 0.700 bits per heavy atom. The Hall–Kier alpha value is 1.54. The minimum atomic E-state index is 0.279. The summed E-state index contributed by atoms with van der Waals surface area (Å²) < 4.78 is 10.6. The van der Waals surface area contributed by atoms with Gasteiger partial charge in [0, 0.05) is 41.1 Å². The van der Waals surface area contributed by atoms with Crippen LogP contribution < -0.4 is 0 Å². The van der Waals surface area contributed by atoms with E-state index in [1.165, 1.54) is 0 Å². The van der Waals surface area contributed by atoms with Crippen molar-refractivity contribution in [1.29, 1.82) is 0 Å². The summed E-state index contributed by atoms with van der Waals surface area (Å²) in [5, 5.41) is 8.70. The maximum Gasteiger partial charge on any atom is 0.0739 e. The van der Waals surface area contributed by atoms with Crippen LogP contribution in [-0.2, 0) is 11.3 Å². The van der Waals surface area contributed by atoms with E-state index in [0.717, 1.165) is 60.2 Å². The molecular formula is C13H15Br5O2. The topological polar surface area (TPSA) is 29.5 Å². The van der Waals surface area contributed by atoms with Crippen molar-refractivity contribution in [3.63, 3.8) is 0 Å². The molecule has 0 saturated heterocycles. The molecule has 0 aliphatic rings. The molecule has 0 radical (unpaired) electrons. The van der Waals surface area contributed by atoms with Crippen molar-refractivity contribution in [2.45, 2.75) is 32.3 Å². The number of aliphatic hydroxyl groups is 1. The predicted molar refractivity (Wildman–Crippen MR) is 100 cm³/mol. The zero-order valence-electron chi connectivity index (χ0n) is 10.7. The fourth-order valence-electron chi connectivity index (χ4n) is 1.62. The van der Waals surface area contributed by atoms with Crippen molar-refractivity contribution >= 4 is 79.6 Å². The zero-order valence-corrected chi connectivity index (χ0v) is 18.6. The Kier molecular flexibility index (Phi) is 10.1. The average molecular weight is 603 g/mol. The van der Waals surface area contributed by atoms with Crippen LogP contribution in [-0.4, -0.2) is 18.3 Å². The van der Waals surface area contributed by atoms with E-state index in [9.17, 15) is 0 Å². The van der Waals surface area contributed by atoms with Gasteiger partial charge in [0.15, 0.2) is 0 Å². The summed E-state index contributed by atoms with van der Waals surface area (Å²) in [6.45, 7) is 1.56. The molecule has 1 rings (SSSR count). The Labute approximate surface area is 161 Å². The molecule has 0 aliphatic carbocycles. The molecule has 0 unspecified atom stereocenters. The molecule has 114 valence electrons. The third-order valence-corrected chi connectivity index (χ3v) is 9.00. The highest BCUT2D eigenvalue weighted by Crippen LogP contribution is 2.44. The number of rotatable bonds is 8. The molecule has 0 fully saturated rings. The summed E-state index contributed by atoms with van der Waals surface area (Å²) >= 11 is 17.8. The van der Waals surface area contributed by atoms with E-state index < -0.39 is 0 Å². The van der Waals surface area contributed by atoms with E-state index in [4.69, 9.17) is 9.84 Å². The lowest BCUT2D eigenvalue weighted by atomic mass is 10.2. The third kappa shape index (κ3) is 5.63. The summed E-state index contributed by atoms with van der Waals surface area (Å²) in [5.41, 5.74) is 1.07. The fraction of sp³-hybridized carbons (Fsp3) is 0.538. The maximum atomic E-state index is 8.70. The van der Waals surface area contributed by atoms with E-state index in [1.807, 2.05) is 0 Å². The van der Waals surface area contributed by atoms with Crippen molar-refractivity contribution in [3.05, 3.63) is 27.9 Å². The van der Waals surface area contributed by atoms with Gasteiger partial charge in [-0.05, 0) is 92.5 Å². The molecular weight excluding hydrogens is 588 g/mol. The van der Waals surface area contributed by atoms with Crippen molar-refractivity contribution < 1.29 is 9.84 Å². The van der Waals surface area contributed by atoms with Crippen molar-refractivity contribution in [2.75, 3.05) is 13.2 Å². The van der Waals surface area contributed by atoms with Gasteiger partial charge >= 0.3 is 0 Å². The molecule has 0 heterocycles. The number of hydrogen-bond acceptors (Lipinski definition) is 2. The third-order valence-electron chi connectivity index (χ3n) is 2.74. The van der Waals surface area contributed by atoms with Crippen molar-refractivity contribution in [2.24, 2.45) is 0 Å². The van der Waals surface area contributed by atoms with Gasteiger partial charge in [-0.15, -0.1) is 0 Å².